The Morgan fingerprint density at radius 2 is 1.85 bits per heavy atom. The molecule has 2 aromatic rings. The summed E-state index contributed by atoms with van der Waals surface area (Å²) in [5.41, 5.74) is 0.752. The number of anilines is 1. The number of thiophene rings is 1. The van der Waals surface area contributed by atoms with Crippen LogP contribution in [-0.4, -0.2) is 41.2 Å². The van der Waals surface area contributed by atoms with Crippen molar-refractivity contribution in [1.82, 2.24) is 4.90 Å². The molecule has 1 aromatic carbocycles. The Hall–Kier alpha value is -3.51. The molecule has 1 N–H and O–H groups in total. The van der Waals surface area contributed by atoms with Crippen molar-refractivity contribution in [1.29, 1.82) is 5.26 Å². The predicted molar refractivity (Wildman–Crippen MR) is 95.0 cm³/mol. The molecule has 27 heavy (non-hydrogen) atoms. The first-order chi connectivity index (χ1) is 12.9. The van der Waals surface area contributed by atoms with Crippen LogP contribution in [0.5, 0.6) is 0 Å². The summed E-state index contributed by atoms with van der Waals surface area (Å²) in [6.45, 7) is 0.754. The second-order valence-electron chi connectivity index (χ2n) is 5.63. The van der Waals surface area contributed by atoms with E-state index in [-0.39, 0.29) is 11.1 Å². The van der Waals surface area contributed by atoms with E-state index in [0.717, 1.165) is 16.2 Å². The van der Waals surface area contributed by atoms with Gasteiger partial charge in [0, 0.05) is 0 Å². The molecule has 0 radical (unpaired) electrons. The summed E-state index contributed by atoms with van der Waals surface area (Å²) < 4.78 is 4.92. The first-order valence-electron chi connectivity index (χ1n) is 7.85. The number of rotatable bonds is 5. The molecule has 3 rings (SSSR count). The third-order valence-electron chi connectivity index (χ3n) is 3.94. The number of hydrogen-bond acceptors (Lipinski definition) is 7. The van der Waals surface area contributed by atoms with E-state index in [1.165, 1.54) is 19.1 Å². The van der Waals surface area contributed by atoms with Gasteiger partial charge in [0.2, 0.25) is 0 Å². The largest absolute Gasteiger partial charge is 0.454 e. The molecule has 136 valence electrons. The van der Waals surface area contributed by atoms with E-state index < -0.39 is 36.3 Å². The molecule has 2 heterocycles. The van der Waals surface area contributed by atoms with E-state index in [9.17, 15) is 19.2 Å². The van der Waals surface area contributed by atoms with Crippen molar-refractivity contribution in [3.63, 3.8) is 0 Å². The minimum Gasteiger partial charge on any atom is -0.454 e. The lowest BCUT2D eigenvalue weighted by atomic mass is 10.1. The number of fused-ring (bicyclic) bond motifs is 1. The summed E-state index contributed by atoms with van der Waals surface area (Å²) in [5, 5.41) is 13.4. The van der Waals surface area contributed by atoms with Crippen LogP contribution >= 0.6 is 11.3 Å². The lowest BCUT2D eigenvalue weighted by Gasteiger charge is -2.20. The van der Waals surface area contributed by atoms with Crippen LogP contribution in [0.4, 0.5) is 5.00 Å². The minimum absolute atomic E-state index is 0.224. The average Bonchev–Trinajstić information content (AvgIpc) is 3.22. The number of ether oxygens (including phenoxy) is 1. The lowest BCUT2D eigenvalue weighted by molar-refractivity contribution is -0.150. The van der Waals surface area contributed by atoms with E-state index in [4.69, 9.17) is 10.00 Å². The molecule has 0 aliphatic carbocycles. The van der Waals surface area contributed by atoms with Crippen LogP contribution in [0, 0.1) is 11.3 Å². The van der Waals surface area contributed by atoms with Crippen molar-refractivity contribution in [2.24, 2.45) is 0 Å². The first-order valence-corrected chi connectivity index (χ1v) is 8.73. The second kappa shape index (κ2) is 7.39. The van der Waals surface area contributed by atoms with Crippen molar-refractivity contribution in [3.8, 4) is 6.07 Å². The van der Waals surface area contributed by atoms with Crippen LogP contribution in [0.3, 0.4) is 0 Å². The average molecular weight is 383 g/mol. The van der Waals surface area contributed by atoms with Gasteiger partial charge in [-0.15, -0.1) is 11.3 Å². The van der Waals surface area contributed by atoms with Crippen molar-refractivity contribution >= 4 is 40.0 Å². The van der Waals surface area contributed by atoms with Gasteiger partial charge in [-0.2, -0.15) is 5.26 Å². The number of carbonyl (C=O) groups is 4. The van der Waals surface area contributed by atoms with Crippen LogP contribution in [0.2, 0.25) is 0 Å². The summed E-state index contributed by atoms with van der Waals surface area (Å²) in [5.74, 6) is -2.67. The van der Waals surface area contributed by atoms with Crippen molar-refractivity contribution in [3.05, 3.63) is 52.4 Å². The van der Waals surface area contributed by atoms with Gasteiger partial charge in [0.05, 0.1) is 16.7 Å². The Kier molecular flexibility index (Phi) is 5.00. The molecule has 3 amide bonds. The number of nitrogens with one attached hydrogen (secondary N) is 1. The molecule has 0 spiro atoms. The summed E-state index contributed by atoms with van der Waals surface area (Å²) >= 11 is 1.16. The number of benzene rings is 1. The van der Waals surface area contributed by atoms with Gasteiger partial charge in [-0.1, -0.05) is 12.1 Å². The van der Waals surface area contributed by atoms with E-state index in [2.05, 4.69) is 5.32 Å². The van der Waals surface area contributed by atoms with Crippen molar-refractivity contribution < 1.29 is 23.9 Å². The first kappa shape index (κ1) is 18.3. The highest BCUT2D eigenvalue weighted by Gasteiger charge is 2.41. The number of nitrogens with zero attached hydrogens (tertiary/aromatic N) is 2. The third-order valence-corrected chi connectivity index (χ3v) is 4.77. The number of imide groups is 1. The second-order valence-corrected chi connectivity index (χ2v) is 6.55. The highest BCUT2D eigenvalue weighted by Crippen LogP contribution is 2.25. The fourth-order valence-corrected chi connectivity index (χ4v) is 3.33. The van der Waals surface area contributed by atoms with Gasteiger partial charge in [0.25, 0.3) is 17.7 Å². The zero-order valence-corrected chi connectivity index (χ0v) is 14.9. The van der Waals surface area contributed by atoms with Crippen molar-refractivity contribution in [2.75, 3.05) is 11.9 Å². The van der Waals surface area contributed by atoms with E-state index >= 15 is 0 Å². The van der Waals surface area contributed by atoms with Gasteiger partial charge >= 0.3 is 5.97 Å². The van der Waals surface area contributed by atoms with E-state index in [1.54, 1.807) is 23.6 Å². The molecule has 9 heteroatoms. The van der Waals surface area contributed by atoms with Crippen LogP contribution in [0.1, 0.15) is 33.2 Å². The topological polar surface area (TPSA) is 117 Å². The van der Waals surface area contributed by atoms with Gasteiger partial charge in [-0.25, -0.2) is 4.79 Å². The van der Waals surface area contributed by atoms with E-state index in [0.29, 0.717) is 10.6 Å². The number of carbonyl (C=O) groups excluding carboxylic acids is 4. The van der Waals surface area contributed by atoms with Gasteiger partial charge in [-0.3, -0.25) is 19.3 Å². The highest BCUT2D eigenvalue weighted by atomic mass is 32.1. The molecule has 1 aliphatic rings. The van der Waals surface area contributed by atoms with Crippen LogP contribution < -0.4 is 5.32 Å². The number of esters is 1. The van der Waals surface area contributed by atoms with Crippen molar-refractivity contribution in [2.45, 2.75) is 13.0 Å². The monoisotopic (exact) mass is 383 g/mol. The number of nitriles is 1. The molecular formula is C18H13N3O5S. The molecular weight excluding hydrogens is 370 g/mol. The Morgan fingerprint density at radius 3 is 2.44 bits per heavy atom. The quantitative estimate of drug-likeness (QED) is 0.621. The van der Waals surface area contributed by atoms with Gasteiger partial charge < -0.3 is 10.1 Å². The molecule has 0 bridgehead atoms. The standard InChI is InChI=1S/C18H13N3O5S/c1-10(21-16(23)12-4-2-3-5-13(12)17(21)24)18(25)26-9-14(22)20-15-11(8-19)6-7-27-15/h2-7,10H,9H2,1H3,(H,20,22). The molecule has 1 unspecified atom stereocenters. The number of amides is 3. The minimum atomic E-state index is -1.18. The Labute approximate surface area is 158 Å². The fourth-order valence-electron chi connectivity index (χ4n) is 2.58. The van der Waals surface area contributed by atoms with E-state index in [1.807, 2.05) is 6.07 Å². The summed E-state index contributed by atoms with van der Waals surface area (Å²) in [6, 6.07) is 8.57. The predicted octanol–water partition coefficient (Wildman–Crippen LogP) is 1.79. The maximum atomic E-state index is 12.4. The Morgan fingerprint density at radius 1 is 1.22 bits per heavy atom. The zero-order chi connectivity index (χ0) is 19.6. The normalized spacial score (nSPS) is 13.7. The third kappa shape index (κ3) is 3.43. The van der Waals surface area contributed by atoms with Gasteiger partial charge in [0.1, 0.15) is 17.1 Å². The zero-order valence-electron chi connectivity index (χ0n) is 14.1. The maximum Gasteiger partial charge on any atom is 0.329 e. The fraction of sp³-hybridized carbons (Fsp3) is 0.167. The lowest BCUT2D eigenvalue weighted by Crippen LogP contribution is -2.44. The summed E-state index contributed by atoms with van der Waals surface area (Å²) in [4.78, 5) is 49.6. The molecule has 8 nitrogen and oxygen atoms in total. The summed E-state index contributed by atoms with van der Waals surface area (Å²) in [6.07, 6.45) is 0. The molecule has 1 aliphatic heterocycles. The smallest absolute Gasteiger partial charge is 0.329 e. The Balaban J connectivity index is 1.60. The molecule has 1 atom stereocenters. The number of hydrogen-bond donors (Lipinski definition) is 1. The molecule has 0 saturated heterocycles. The van der Waals surface area contributed by atoms with Gasteiger partial charge in [0.15, 0.2) is 6.61 Å². The van der Waals surface area contributed by atoms with Crippen LogP contribution in [0.15, 0.2) is 35.7 Å². The molecule has 1 aromatic heterocycles. The van der Waals surface area contributed by atoms with Crippen LogP contribution in [-0.2, 0) is 14.3 Å². The summed E-state index contributed by atoms with van der Waals surface area (Å²) in [7, 11) is 0. The SMILES string of the molecule is CC(C(=O)OCC(=O)Nc1sccc1C#N)N1C(=O)c2ccccc2C1=O. The maximum absolute atomic E-state index is 12.4. The molecule has 0 fully saturated rings. The molecule has 0 saturated carbocycles. The highest BCUT2D eigenvalue weighted by molar-refractivity contribution is 7.14. The Bertz CT molecular complexity index is 956. The van der Waals surface area contributed by atoms with Crippen LogP contribution in [0.25, 0.3) is 0 Å². The van der Waals surface area contributed by atoms with Gasteiger partial charge in [-0.05, 0) is 30.5 Å².